The van der Waals surface area contributed by atoms with E-state index in [0.29, 0.717) is 41.0 Å². The average molecular weight is 540 g/mol. The van der Waals surface area contributed by atoms with E-state index in [9.17, 15) is 14.0 Å². The average Bonchev–Trinajstić information content (AvgIpc) is 3.60. The number of hydrogen-bond acceptors (Lipinski definition) is 3. The molecule has 0 saturated heterocycles. The fraction of sp³-hybridized carbons (Fsp3) is 0.344. The number of nitrogens with zero attached hydrogens (tertiary/aromatic N) is 3. The van der Waals surface area contributed by atoms with Gasteiger partial charge in [-0.25, -0.2) is 9.37 Å². The summed E-state index contributed by atoms with van der Waals surface area (Å²) in [5.41, 5.74) is 6.77. The van der Waals surface area contributed by atoms with Crippen LogP contribution in [0.3, 0.4) is 0 Å². The molecule has 206 valence electrons. The molecule has 0 aliphatic carbocycles. The second-order valence-electron chi connectivity index (χ2n) is 10.9. The first kappa shape index (κ1) is 26.0. The van der Waals surface area contributed by atoms with Gasteiger partial charge < -0.3 is 19.3 Å². The smallest absolute Gasteiger partial charge is 0.272 e. The van der Waals surface area contributed by atoms with Gasteiger partial charge in [-0.05, 0) is 73.2 Å². The highest BCUT2D eigenvalue weighted by Gasteiger charge is 2.35. The molecule has 0 spiro atoms. The van der Waals surface area contributed by atoms with Crippen LogP contribution in [-0.2, 0) is 6.42 Å². The Kier molecular flexibility index (Phi) is 6.78. The Labute approximate surface area is 232 Å². The lowest BCUT2D eigenvalue weighted by molar-refractivity contribution is 0.0689. The van der Waals surface area contributed by atoms with E-state index in [4.69, 9.17) is 0 Å². The number of benzene rings is 2. The van der Waals surface area contributed by atoms with E-state index in [2.05, 4.69) is 39.3 Å². The van der Waals surface area contributed by atoms with Gasteiger partial charge in [-0.2, -0.15) is 0 Å². The van der Waals surface area contributed by atoms with Crippen molar-refractivity contribution in [2.24, 2.45) is 0 Å². The van der Waals surface area contributed by atoms with Crippen molar-refractivity contribution in [2.45, 2.75) is 64.8 Å². The highest BCUT2D eigenvalue weighted by molar-refractivity contribution is 5.99. The fourth-order valence-electron chi connectivity index (χ4n) is 6.41. The second kappa shape index (κ2) is 10.4. The van der Waals surface area contributed by atoms with Gasteiger partial charge in [-0.15, -0.1) is 0 Å². The van der Waals surface area contributed by atoms with E-state index < -0.39 is 6.04 Å². The number of H-pyrrole nitrogens is 2. The van der Waals surface area contributed by atoms with Crippen LogP contribution in [0.5, 0.6) is 0 Å². The molecule has 0 fully saturated rings. The van der Waals surface area contributed by atoms with Crippen molar-refractivity contribution >= 4 is 22.5 Å². The Morgan fingerprint density at radius 2 is 1.90 bits per heavy atom. The summed E-state index contributed by atoms with van der Waals surface area (Å²) in [7, 11) is 0. The summed E-state index contributed by atoms with van der Waals surface area (Å²) in [6, 6.07) is 13.6. The van der Waals surface area contributed by atoms with Crippen LogP contribution >= 0.6 is 0 Å². The predicted octanol–water partition coefficient (Wildman–Crippen LogP) is 6.42. The van der Waals surface area contributed by atoms with Crippen molar-refractivity contribution in [1.82, 2.24) is 24.3 Å². The SMILES string of the molecule is CCCC(CCC)c1ccc2c(=O)[nH]c3cc(C(=O)N4CCc5[nH]cnc5C4c4cccc(F)c4)c(C)cc3n12. The zero-order valence-corrected chi connectivity index (χ0v) is 23.1. The first-order chi connectivity index (χ1) is 19.4. The molecule has 1 atom stereocenters. The number of aryl methyl sites for hydroxylation is 1. The Balaban J connectivity index is 1.48. The lowest BCUT2D eigenvalue weighted by atomic mass is 9.94. The van der Waals surface area contributed by atoms with Gasteiger partial charge in [0.15, 0.2) is 0 Å². The lowest BCUT2D eigenvalue weighted by Crippen LogP contribution is -2.41. The third kappa shape index (κ3) is 4.31. The van der Waals surface area contributed by atoms with Gasteiger partial charge in [-0.3, -0.25) is 9.59 Å². The molecule has 3 aromatic heterocycles. The minimum Gasteiger partial charge on any atom is -0.348 e. The van der Waals surface area contributed by atoms with Crippen LogP contribution in [0.2, 0.25) is 0 Å². The van der Waals surface area contributed by atoms with Crippen molar-refractivity contribution < 1.29 is 9.18 Å². The van der Waals surface area contributed by atoms with E-state index in [-0.39, 0.29) is 17.3 Å². The van der Waals surface area contributed by atoms with Crippen LogP contribution in [-0.4, -0.2) is 36.7 Å². The maximum absolute atomic E-state index is 14.3. The van der Waals surface area contributed by atoms with Crippen molar-refractivity contribution in [2.75, 3.05) is 6.54 Å². The number of imidazole rings is 1. The van der Waals surface area contributed by atoms with Gasteiger partial charge in [0.2, 0.25) is 0 Å². The van der Waals surface area contributed by atoms with E-state index in [1.54, 1.807) is 23.4 Å². The number of halogens is 1. The second-order valence-corrected chi connectivity index (χ2v) is 10.9. The zero-order chi connectivity index (χ0) is 28.0. The van der Waals surface area contributed by atoms with Gasteiger partial charge in [0, 0.05) is 29.9 Å². The van der Waals surface area contributed by atoms with Crippen LogP contribution in [0.1, 0.15) is 90.1 Å². The largest absolute Gasteiger partial charge is 0.348 e. The van der Waals surface area contributed by atoms with E-state index in [1.807, 2.05) is 25.1 Å². The quantitative estimate of drug-likeness (QED) is 0.250. The Hall–Kier alpha value is -4.20. The number of amides is 1. The van der Waals surface area contributed by atoms with E-state index in [1.165, 1.54) is 12.1 Å². The van der Waals surface area contributed by atoms with Crippen LogP contribution in [0, 0.1) is 12.7 Å². The number of carbonyl (C=O) groups is 1. The van der Waals surface area contributed by atoms with E-state index in [0.717, 1.165) is 53.8 Å². The Morgan fingerprint density at radius 3 is 2.65 bits per heavy atom. The molecule has 8 heteroatoms. The molecule has 1 aliphatic heterocycles. The predicted molar refractivity (Wildman–Crippen MR) is 154 cm³/mol. The molecule has 2 N–H and O–H groups in total. The van der Waals surface area contributed by atoms with Crippen LogP contribution in [0.25, 0.3) is 16.6 Å². The topological polar surface area (TPSA) is 86.3 Å². The normalized spacial score (nSPS) is 15.3. The van der Waals surface area contributed by atoms with Gasteiger partial charge in [0.05, 0.1) is 23.1 Å². The molecule has 1 unspecified atom stereocenters. The molecule has 6 rings (SSSR count). The number of aromatic nitrogens is 4. The highest BCUT2D eigenvalue weighted by Crippen LogP contribution is 2.36. The molecule has 40 heavy (non-hydrogen) atoms. The number of aromatic amines is 2. The maximum Gasteiger partial charge on any atom is 0.272 e. The van der Waals surface area contributed by atoms with Gasteiger partial charge >= 0.3 is 0 Å². The summed E-state index contributed by atoms with van der Waals surface area (Å²) < 4.78 is 16.4. The molecule has 0 radical (unpaired) electrons. The standard InChI is InChI=1S/C32H34FN5O2/c1-4-7-20(8-5-2)26-11-12-27-31(39)36-25-17-23(19(3)15-28(25)38(26)27)32(40)37-14-13-24-29(35-18-34-24)30(37)21-9-6-10-22(33)16-21/h6,9-12,15-18,20,30H,4-5,7-8,13-14H2,1-3H3,(H,34,35)(H,36,39). The molecule has 1 amide bonds. The number of rotatable bonds is 7. The number of nitrogens with one attached hydrogen (secondary N) is 2. The van der Waals surface area contributed by atoms with Crippen LogP contribution < -0.4 is 5.56 Å². The lowest BCUT2D eigenvalue weighted by Gasteiger charge is -2.35. The van der Waals surface area contributed by atoms with E-state index >= 15 is 0 Å². The summed E-state index contributed by atoms with van der Waals surface area (Å²) in [6.45, 7) is 6.77. The first-order valence-corrected chi connectivity index (χ1v) is 14.2. The van der Waals surface area contributed by atoms with Gasteiger partial charge in [0.1, 0.15) is 17.4 Å². The Bertz CT molecular complexity index is 1780. The highest BCUT2D eigenvalue weighted by atomic mass is 19.1. The van der Waals surface area contributed by atoms with Crippen molar-refractivity contribution in [3.63, 3.8) is 0 Å². The van der Waals surface area contributed by atoms with Crippen molar-refractivity contribution in [3.05, 3.63) is 105 Å². The third-order valence-corrected chi connectivity index (χ3v) is 8.25. The summed E-state index contributed by atoms with van der Waals surface area (Å²) >= 11 is 0. The molecule has 7 nitrogen and oxygen atoms in total. The molecule has 4 heterocycles. The van der Waals surface area contributed by atoms with Gasteiger partial charge in [0.25, 0.3) is 11.5 Å². The van der Waals surface area contributed by atoms with Crippen LogP contribution in [0.15, 0.2) is 59.7 Å². The van der Waals surface area contributed by atoms with Crippen molar-refractivity contribution in [3.8, 4) is 0 Å². The molecular formula is C32H34FN5O2. The molecule has 0 saturated carbocycles. The first-order valence-electron chi connectivity index (χ1n) is 14.2. The molecule has 0 bridgehead atoms. The summed E-state index contributed by atoms with van der Waals surface area (Å²) in [5, 5.41) is 0. The third-order valence-electron chi connectivity index (χ3n) is 8.25. The monoisotopic (exact) mass is 539 g/mol. The van der Waals surface area contributed by atoms with Gasteiger partial charge in [-0.1, -0.05) is 38.8 Å². The Morgan fingerprint density at radius 1 is 1.10 bits per heavy atom. The summed E-state index contributed by atoms with van der Waals surface area (Å²) in [5.74, 6) is -0.179. The van der Waals surface area contributed by atoms with Crippen molar-refractivity contribution in [1.29, 1.82) is 0 Å². The number of hydrogen-bond donors (Lipinski definition) is 2. The minimum atomic E-state index is -0.519. The van der Waals surface area contributed by atoms with Crippen LogP contribution in [0.4, 0.5) is 4.39 Å². The zero-order valence-electron chi connectivity index (χ0n) is 23.1. The molecular weight excluding hydrogens is 505 g/mol. The molecule has 5 aromatic rings. The molecule has 1 aliphatic rings. The summed E-state index contributed by atoms with van der Waals surface area (Å²) in [4.78, 5) is 39.9. The molecule has 2 aromatic carbocycles. The fourth-order valence-corrected chi connectivity index (χ4v) is 6.41. The number of fused-ring (bicyclic) bond motifs is 4. The summed E-state index contributed by atoms with van der Waals surface area (Å²) in [6.07, 6.45) is 6.49. The number of carbonyl (C=O) groups excluding carboxylic acids is 1. The minimum absolute atomic E-state index is 0.175. The maximum atomic E-state index is 14.3.